The quantitative estimate of drug-likeness (QED) is 0.683. The van der Waals surface area contributed by atoms with E-state index in [9.17, 15) is 0 Å². The Morgan fingerprint density at radius 1 is 1.41 bits per heavy atom. The largest absolute Gasteiger partial charge is 0.389 e. The fourth-order valence-electron chi connectivity index (χ4n) is 2.18. The van der Waals surface area contributed by atoms with Gasteiger partial charge in [-0.3, -0.25) is 4.90 Å². The molecule has 1 fully saturated rings. The van der Waals surface area contributed by atoms with Crippen LogP contribution >= 0.6 is 0 Å². The van der Waals surface area contributed by atoms with Crippen LogP contribution in [0.5, 0.6) is 0 Å². The molecule has 1 atom stereocenters. The SMILES string of the molecule is C/C=C(\C=C/NCC(C)N1CC(CC)C1)CC. The van der Waals surface area contributed by atoms with Gasteiger partial charge in [0.2, 0.25) is 0 Å². The molecule has 17 heavy (non-hydrogen) atoms. The van der Waals surface area contributed by atoms with Crippen molar-refractivity contribution in [1.82, 2.24) is 10.2 Å². The van der Waals surface area contributed by atoms with E-state index in [0.717, 1.165) is 18.9 Å². The van der Waals surface area contributed by atoms with Crippen LogP contribution in [0.3, 0.4) is 0 Å². The lowest BCUT2D eigenvalue weighted by Crippen LogP contribution is -2.53. The summed E-state index contributed by atoms with van der Waals surface area (Å²) in [4.78, 5) is 2.56. The van der Waals surface area contributed by atoms with Gasteiger partial charge in [-0.15, -0.1) is 0 Å². The second-order valence-corrected chi connectivity index (χ2v) is 5.04. The number of rotatable bonds is 7. The van der Waals surface area contributed by atoms with Crippen molar-refractivity contribution >= 4 is 0 Å². The zero-order chi connectivity index (χ0) is 12.7. The molecule has 0 aromatic rings. The number of hydrogen-bond acceptors (Lipinski definition) is 2. The summed E-state index contributed by atoms with van der Waals surface area (Å²) < 4.78 is 0. The molecule has 2 heteroatoms. The summed E-state index contributed by atoms with van der Waals surface area (Å²) in [5.74, 6) is 0.947. The molecule has 0 aromatic heterocycles. The van der Waals surface area contributed by atoms with E-state index in [0.29, 0.717) is 6.04 Å². The molecule has 0 saturated carbocycles. The molecular formula is C15H28N2. The number of hydrogen-bond donors (Lipinski definition) is 1. The predicted octanol–water partition coefficient (Wildman–Crippen LogP) is 3.18. The Morgan fingerprint density at radius 2 is 2.12 bits per heavy atom. The third kappa shape index (κ3) is 4.55. The van der Waals surface area contributed by atoms with Crippen molar-refractivity contribution in [3.05, 3.63) is 23.9 Å². The lowest BCUT2D eigenvalue weighted by molar-refractivity contribution is 0.0593. The van der Waals surface area contributed by atoms with Gasteiger partial charge in [-0.25, -0.2) is 0 Å². The van der Waals surface area contributed by atoms with Crippen LogP contribution in [0.2, 0.25) is 0 Å². The van der Waals surface area contributed by atoms with Gasteiger partial charge in [0.25, 0.3) is 0 Å². The Labute approximate surface area is 107 Å². The minimum Gasteiger partial charge on any atom is -0.389 e. The van der Waals surface area contributed by atoms with Crippen LogP contribution in [0.15, 0.2) is 23.9 Å². The van der Waals surface area contributed by atoms with Crippen LogP contribution in [0.1, 0.15) is 40.5 Å². The number of allylic oxidation sites excluding steroid dienone is 3. The summed E-state index contributed by atoms with van der Waals surface area (Å²) in [6.07, 6.45) is 8.87. The van der Waals surface area contributed by atoms with Crippen LogP contribution in [0.25, 0.3) is 0 Å². The third-order valence-corrected chi connectivity index (χ3v) is 3.79. The van der Waals surface area contributed by atoms with Gasteiger partial charge in [0.1, 0.15) is 0 Å². The Morgan fingerprint density at radius 3 is 2.65 bits per heavy atom. The fraction of sp³-hybridized carbons (Fsp3) is 0.733. The van der Waals surface area contributed by atoms with E-state index in [2.05, 4.69) is 56.3 Å². The monoisotopic (exact) mass is 236 g/mol. The molecule has 0 aliphatic carbocycles. The Hall–Kier alpha value is -0.760. The highest BCUT2D eigenvalue weighted by molar-refractivity contribution is 5.16. The van der Waals surface area contributed by atoms with E-state index in [1.165, 1.54) is 25.1 Å². The van der Waals surface area contributed by atoms with Crippen LogP contribution in [0, 0.1) is 5.92 Å². The maximum absolute atomic E-state index is 3.40. The Balaban J connectivity index is 2.14. The lowest BCUT2D eigenvalue weighted by Gasteiger charge is -2.43. The summed E-state index contributed by atoms with van der Waals surface area (Å²) >= 11 is 0. The van der Waals surface area contributed by atoms with Crippen molar-refractivity contribution in [1.29, 1.82) is 0 Å². The van der Waals surface area contributed by atoms with Crippen molar-refractivity contribution in [2.75, 3.05) is 19.6 Å². The fourth-order valence-corrected chi connectivity index (χ4v) is 2.18. The first-order valence-electron chi connectivity index (χ1n) is 7.00. The Bertz CT molecular complexity index is 262. The molecule has 1 rings (SSSR count). The Kier molecular flexibility index (Phi) is 6.35. The normalized spacial score (nSPS) is 20.6. The summed E-state index contributed by atoms with van der Waals surface area (Å²) in [6.45, 7) is 12.5. The molecule has 1 aliphatic heterocycles. The van der Waals surface area contributed by atoms with Crippen molar-refractivity contribution in [2.45, 2.75) is 46.6 Å². The maximum atomic E-state index is 3.40. The van der Waals surface area contributed by atoms with E-state index in [1.807, 2.05) is 0 Å². The predicted molar refractivity (Wildman–Crippen MR) is 76.0 cm³/mol. The first kappa shape index (κ1) is 14.3. The van der Waals surface area contributed by atoms with Crippen molar-refractivity contribution in [2.24, 2.45) is 5.92 Å². The maximum Gasteiger partial charge on any atom is 0.0295 e. The third-order valence-electron chi connectivity index (χ3n) is 3.79. The highest BCUT2D eigenvalue weighted by Crippen LogP contribution is 2.20. The zero-order valence-electron chi connectivity index (χ0n) is 11.9. The minimum absolute atomic E-state index is 0.651. The summed E-state index contributed by atoms with van der Waals surface area (Å²) in [7, 11) is 0. The standard InChI is InChI=1S/C15H28N2/c1-5-14(6-2)8-9-16-10-13(4)17-11-15(7-3)12-17/h5,8-9,13,15-16H,6-7,10-12H2,1-4H3/b9-8-,14-5-. The zero-order valence-corrected chi connectivity index (χ0v) is 11.9. The van der Waals surface area contributed by atoms with Gasteiger partial charge >= 0.3 is 0 Å². The second kappa shape index (κ2) is 7.54. The molecule has 0 spiro atoms. The number of nitrogens with zero attached hydrogens (tertiary/aromatic N) is 1. The van der Waals surface area contributed by atoms with E-state index < -0.39 is 0 Å². The van der Waals surface area contributed by atoms with E-state index in [-0.39, 0.29) is 0 Å². The molecule has 0 radical (unpaired) electrons. The molecule has 98 valence electrons. The lowest BCUT2D eigenvalue weighted by atomic mass is 9.95. The minimum atomic E-state index is 0.651. The molecule has 2 nitrogen and oxygen atoms in total. The van der Waals surface area contributed by atoms with E-state index >= 15 is 0 Å². The molecule has 0 amide bonds. The summed E-state index contributed by atoms with van der Waals surface area (Å²) in [5, 5.41) is 3.40. The molecule has 0 bridgehead atoms. The van der Waals surface area contributed by atoms with Crippen LogP contribution < -0.4 is 5.32 Å². The topological polar surface area (TPSA) is 15.3 Å². The van der Waals surface area contributed by atoms with E-state index in [1.54, 1.807) is 0 Å². The average Bonchev–Trinajstić information content (AvgIpc) is 2.28. The van der Waals surface area contributed by atoms with Crippen LogP contribution in [-0.4, -0.2) is 30.6 Å². The molecule has 1 heterocycles. The van der Waals surface area contributed by atoms with Gasteiger partial charge in [0, 0.05) is 25.7 Å². The van der Waals surface area contributed by atoms with Gasteiger partial charge in [0.05, 0.1) is 0 Å². The van der Waals surface area contributed by atoms with Gasteiger partial charge in [0.15, 0.2) is 0 Å². The van der Waals surface area contributed by atoms with Gasteiger partial charge in [-0.05, 0) is 38.5 Å². The average molecular weight is 236 g/mol. The highest BCUT2D eigenvalue weighted by Gasteiger charge is 2.28. The summed E-state index contributed by atoms with van der Waals surface area (Å²) in [6, 6.07) is 0.651. The molecule has 1 N–H and O–H groups in total. The second-order valence-electron chi connectivity index (χ2n) is 5.04. The van der Waals surface area contributed by atoms with Gasteiger partial charge in [-0.2, -0.15) is 0 Å². The highest BCUT2D eigenvalue weighted by atomic mass is 15.2. The molecule has 0 aromatic carbocycles. The van der Waals surface area contributed by atoms with Crippen LogP contribution in [0.4, 0.5) is 0 Å². The number of likely N-dealkylation sites (tertiary alicyclic amines) is 1. The first-order valence-corrected chi connectivity index (χ1v) is 7.00. The van der Waals surface area contributed by atoms with Crippen molar-refractivity contribution < 1.29 is 0 Å². The van der Waals surface area contributed by atoms with E-state index in [4.69, 9.17) is 0 Å². The first-order chi connectivity index (χ1) is 8.21. The smallest absolute Gasteiger partial charge is 0.0295 e. The molecule has 1 unspecified atom stereocenters. The summed E-state index contributed by atoms with van der Waals surface area (Å²) in [5.41, 5.74) is 1.39. The molecular weight excluding hydrogens is 208 g/mol. The number of nitrogens with one attached hydrogen (secondary N) is 1. The van der Waals surface area contributed by atoms with Crippen molar-refractivity contribution in [3.8, 4) is 0 Å². The van der Waals surface area contributed by atoms with Gasteiger partial charge in [-0.1, -0.05) is 31.9 Å². The molecule has 1 saturated heterocycles. The van der Waals surface area contributed by atoms with Crippen LogP contribution in [-0.2, 0) is 0 Å². The molecule has 1 aliphatic rings. The van der Waals surface area contributed by atoms with Gasteiger partial charge < -0.3 is 5.32 Å². The van der Waals surface area contributed by atoms with Crippen molar-refractivity contribution in [3.63, 3.8) is 0 Å².